The number of ether oxygens (including phenoxy) is 1. The molecule has 8 heteroatoms. The number of aromatic nitrogens is 2. The molecule has 0 atom stereocenters. The quantitative estimate of drug-likeness (QED) is 0.174. The van der Waals surface area contributed by atoms with Crippen LogP contribution in [-0.4, -0.2) is 20.8 Å². The predicted molar refractivity (Wildman–Crippen MR) is 143 cm³/mol. The number of para-hydroxylation sites is 1. The van der Waals surface area contributed by atoms with E-state index in [0.717, 1.165) is 36.8 Å². The van der Waals surface area contributed by atoms with Crippen molar-refractivity contribution in [3.05, 3.63) is 110 Å². The van der Waals surface area contributed by atoms with Crippen molar-refractivity contribution in [1.29, 1.82) is 0 Å². The number of hydrogen-bond acceptors (Lipinski definition) is 6. The highest BCUT2D eigenvalue weighted by Gasteiger charge is 2.22. The van der Waals surface area contributed by atoms with E-state index in [0.29, 0.717) is 22.3 Å². The second kappa shape index (κ2) is 10.7. The molecule has 1 aliphatic rings. The molecule has 0 N–H and O–H groups in total. The summed E-state index contributed by atoms with van der Waals surface area (Å²) in [5.41, 5.74) is 2.77. The molecule has 188 valence electrons. The molecule has 37 heavy (non-hydrogen) atoms. The van der Waals surface area contributed by atoms with Crippen LogP contribution in [0.4, 0.5) is 5.69 Å². The van der Waals surface area contributed by atoms with Gasteiger partial charge in [0.2, 0.25) is 0 Å². The Hall–Kier alpha value is -4.33. The Labute approximate surface area is 214 Å². The lowest BCUT2D eigenvalue weighted by molar-refractivity contribution is -0.385. The number of benzene rings is 3. The fourth-order valence-electron chi connectivity index (χ4n) is 4.84. The van der Waals surface area contributed by atoms with Crippen molar-refractivity contribution >= 4 is 22.8 Å². The Kier molecular flexibility index (Phi) is 7.07. The molecule has 1 saturated carbocycles. The molecule has 0 amide bonds. The summed E-state index contributed by atoms with van der Waals surface area (Å²) in [5.74, 6) is 0.971. The molecule has 1 fully saturated rings. The van der Waals surface area contributed by atoms with Crippen LogP contribution in [0.15, 0.2) is 76.6 Å². The van der Waals surface area contributed by atoms with Crippen LogP contribution >= 0.6 is 0 Å². The number of hydrogen-bond donors (Lipinski definition) is 0. The molecule has 3 aromatic carbocycles. The van der Waals surface area contributed by atoms with E-state index in [9.17, 15) is 14.9 Å². The molecule has 5 rings (SSSR count). The fourth-order valence-corrected chi connectivity index (χ4v) is 4.84. The smallest absolute Gasteiger partial charge is 0.311 e. The Morgan fingerprint density at radius 1 is 1.08 bits per heavy atom. The summed E-state index contributed by atoms with van der Waals surface area (Å²) < 4.78 is 7.14. The highest BCUT2D eigenvalue weighted by atomic mass is 16.6. The van der Waals surface area contributed by atoms with Gasteiger partial charge in [0.1, 0.15) is 12.4 Å². The second-order valence-electron chi connectivity index (χ2n) is 9.45. The van der Waals surface area contributed by atoms with E-state index >= 15 is 0 Å². The lowest BCUT2D eigenvalue weighted by atomic mass is 9.88. The standard InChI is InChI=1S/C29H28N4O4/c1-20-8-7-9-22(16-20)19-37-27-15-14-21(17-26(27)33(35)36)18-30-32-28(23-10-3-2-4-11-23)31-25-13-6-5-12-24(25)29(32)34/h5-9,12-18,23H,2-4,10-11,19H2,1H3. The Morgan fingerprint density at radius 3 is 2.68 bits per heavy atom. The highest BCUT2D eigenvalue weighted by Crippen LogP contribution is 2.32. The van der Waals surface area contributed by atoms with Gasteiger partial charge in [0.15, 0.2) is 5.75 Å². The molecule has 1 aromatic heterocycles. The zero-order valence-corrected chi connectivity index (χ0v) is 20.7. The summed E-state index contributed by atoms with van der Waals surface area (Å²) in [6.45, 7) is 2.20. The van der Waals surface area contributed by atoms with Gasteiger partial charge in [-0.1, -0.05) is 61.2 Å². The summed E-state index contributed by atoms with van der Waals surface area (Å²) in [5, 5.41) is 16.8. The Balaban J connectivity index is 1.47. The van der Waals surface area contributed by atoms with Crippen molar-refractivity contribution in [2.45, 2.75) is 51.6 Å². The maximum absolute atomic E-state index is 13.4. The molecule has 1 aliphatic carbocycles. The van der Waals surface area contributed by atoms with Gasteiger partial charge in [-0.05, 0) is 49.6 Å². The Morgan fingerprint density at radius 2 is 1.89 bits per heavy atom. The maximum Gasteiger partial charge on any atom is 0.311 e. The minimum atomic E-state index is -0.472. The van der Waals surface area contributed by atoms with Crippen molar-refractivity contribution < 1.29 is 9.66 Å². The van der Waals surface area contributed by atoms with Gasteiger partial charge in [0.25, 0.3) is 5.56 Å². The third kappa shape index (κ3) is 5.43. The van der Waals surface area contributed by atoms with E-state index in [1.54, 1.807) is 24.3 Å². The SMILES string of the molecule is Cc1cccc(COc2ccc(C=Nn3c(C4CCCCC4)nc4ccccc4c3=O)cc2[N+](=O)[O-])c1. The van der Waals surface area contributed by atoms with Gasteiger partial charge in [-0.25, -0.2) is 4.98 Å². The molecule has 0 bridgehead atoms. The van der Waals surface area contributed by atoms with Crippen molar-refractivity contribution in [2.75, 3.05) is 0 Å². The summed E-state index contributed by atoms with van der Waals surface area (Å²) in [7, 11) is 0. The molecule has 0 unspecified atom stereocenters. The van der Waals surface area contributed by atoms with Gasteiger partial charge in [0.05, 0.1) is 22.0 Å². The normalized spacial score (nSPS) is 14.3. The van der Waals surface area contributed by atoms with Crippen LogP contribution in [0.5, 0.6) is 5.75 Å². The monoisotopic (exact) mass is 496 g/mol. The van der Waals surface area contributed by atoms with Gasteiger partial charge < -0.3 is 4.74 Å². The fraction of sp³-hybridized carbons (Fsp3) is 0.276. The molecule has 1 heterocycles. The summed E-state index contributed by atoms with van der Waals surface area (Å²) in [6.07, 6.45) is 6.75. The lowest BCUT2D eigenvalue weighted by Crippen LogP contribution is -2.25. The number of aryl methyl sites for hydroxylation is 1. The van der Waals surface area contributed by atoms with E-state index in [1.165, 1.54) is 23.4 Å². The molecule has 0 saturated heterocycles. The van der Waals surface area contributed by atoms with Crippen LogP contribution in [0.2, 0.25) is 0 Å². The van der Waals surface area contributed by atoms with Crippen molar-refractivity contribution in [3.63, 3.8) is 0 Å². The van der Waals surface area contributed by atoms with E-state index in [1.807, 2.05) is 43.3 Å². The summed E-state index contributed by atoms with van der Waals surface area (Å²) in [6, 6.07) is 19.7. The van der Waals surface area contributed by atoms with Crippen LogP contribution in [-0.2, 0) is 6.61 Å². The molecule has 0 aliphatic heterocycles. The van der Waals surface area contributed by atoms with Crippen LogP contribution in [0, 0.1) is 17.0 Å². The van der Waals surface area contributed by atoms with Crippen LogP contribution in [0.1, 0.15) is 60.5 Å². The number of rotatable bonds is 7. The van der Waals surface area contributed by atoms with Gasteiger partial charge in [0, 0.05) is 17.5 Å². The van der Waals surface area contributed by atoms with Gasteiger partial charge in [-0.3, -0.25) is 14.9 Å². The van der Waals surface area contributed by atoms with Crippen molar-refractivity contribution in [3.8, 4) is 5.75 Å². The van der Waals surface area contributed by atoms with E-state index in [2.05, 4.69) is 5.10 Å². The molecule has 0 spiro atoms. The highest BCUT2D eigenvalue weighted by molar-refractivity contribution is 5.82. The maximum atomic E-state index is 13.4. The molecule has 0 radical (unpaired) electrons. The number of nitro groups is 1. The summed E-state index contributed by atoms with van der Waals surface area (Å²) >= 11 is 0. The van der Waals surface area contributed by atoms with Crippen molar-refractivity contribution in [2.24, 2.45) is 5.10 Å². The van der Waals surface area contributed by atoms with Crippen LogP contribution in [0.25, 0.3) is 10.9 Å². The van der Waals surface area contributed by atoms with Crippen LogP contribution in [0.3, 0.4) is 0 Å². The predicted octanol–water partition coefficient (Wildman–Crippen LogP) is 6.12. The molecule has 4 aromatic rings. The Bertz CT molecular complexity index is 1540. The second-order valence-corrected chi connectivity index (χ2v) is 9.45. The first-order chi connectivity index (χ1) is 18.0. The van der Waals surface area contributed by atoms with Crippen molar-refractivity contribution in [1.82, 2.24) is 9.66 Å². The first-order valence-corrected chi connectivity index (χ1v) is 12.5. The molecular weight excluding hydrogens is 468 g/mol. The van der Waals surface area contributed by atoms with E-state index < -0.39 is 4.92 Å². The van der Waals surface area contributed by atoms with Gasteiger partial charge >= 0.3 is 5.69 Å². The molecule has 8 nitrogen and oxygen atoms in total. The zero-order chi connectivity index (χ0) is 25.8. The minimum absolute atomic E-state index is 0.148. The lowest BCUT2D eigenvalue weighted by Gasteiger charge is -2.22. The topological polar surface area (TPSA) is 99.6 Å². The first kappa shape index (κ1) is 24.4. The molecular formula is C29H28N4O4. The number of nitrogens with zero attached hydrogens (tertiary/aromatic N) is 4. The minimum Gasteiger partial charge on any atom is -0.482 e. The number of nitro benzene ring substituents is 1. The third-order valence-electron chi connectivity index (χ3n) is 6.73. The average molecular weight is 497 g/mol. The summed E-state index contributed by atoms with van der Waals surface area (Å²) in [4.78, 5) is 29.5. The number of fused-ring (bicyclic) bond motifs is 1. The van der Waals surface area contributed by atoms with Gasteiger partial charge in [-0.15, -0.1) is 0 Å². The first-order valence-electron chi connectivity index (χ1n) is 12.5. The zero-order valence-electron chi connectivity index (χ0n) is 20.7. The van der Waals surface area contributed by atoms with E-state index in [-0.39, 0.29) is 29.5 Å². The van der Waals surface area contributed by atoms with Gasteiger partial charge in [-0.2, -0.15) is 9.78 Å². The van der Waals surface area contributed by atoms with E-state index in [4.69, 9.17) is 9.72 Å². The largest absolute Gasteiger partial charge is 0.482 e. The average Bonchev–Trinajstić information content (AvgIpc) is 2.92. The van der Waals surface area contributed by atoms with Crippen LogP contribution < -0.4 is 10.3 Å². The third-order valence-corrected chi connectivity index (χ3v) is 6.73.